The Morgan fingerprint density at radius 1 is 1.00 bits per heavy atom. The number of H-pyrrole nitrogens is 1. The van der Waals surface area contributed by atoms with Crippen molar-refractivity contribution in [2.24, 2.45) is 0 Å². The summed E-state index contributed by atoms with van der Waals surface area (Å²) in [6, 6.07) is 11.1. The van der Waals surface area contributed by atoms with Crippen molar-refractivity contribution < 1.29 is 18.7 Å². The highest BCUT2D eigenvalue weighted by atomic mass is 32.2. The van der Waals surface area contributed by atoms with Crippen molar-refractivity contribution in [3.05, 3.63) is 42.6 Å². The van der Waals surface area contributed by atoms with Gasteiger partial charge in [-0.1, -0.05) is 11.2 Å². The second-order valence-corrected chi connectivity index (χ2v) is 6.69. The first-order valence-electron chi connectivity index (χ1n) is 8.61. The van der Waals surface area contributed by atoms with Crippen molar-refractivity contribution in [3.63, 3.8) is 0 Å². The second kappa shape index (κ2) is 8.23. The van der Waals surface area contributed by atoms with Gasteiger partial charge in [0, 0.05) is 12.1 Å². The van der Waals surface area contributed by atoms with Gasteiger partial charge in [0.25, 0.3) is 0 Å². The smallest absolute Gasteiger partial charge is 0.187 e. The van der Waals surface area contributed by atoms with Crippen molar-refractivity contribution in [1.29, 1.82) is 0 Å². The Kier molecular flexibility index (Phi) is 5.34. The van der Waals surface area contributed by atoms with Gasteiger partial charge in [-0.15, -0.1) is 0 Å². The number of aromatic amines is 1. The van der Waals surface area contributed by atoms with Crippen LogP contribution >= 0.6 is 11.9 Å². The number of anilines is 3. The molecule has 0 radical (unpaired) electrons. The minimum absolute atomic E-state index is 0.560. The van der Waals surface area contributed by atoms with Crippen molar-refractivity contribution >= 4 is 40.2 Å². The minimum atomic E-state index is 0.560. The van der Waals surface area contributed by atoms with Crippen LogP contribution in [0.2, 0.25) is 0 Å². The zero-order valence-corrected chi connectivity index (χ0v) is 16.8. The number of benzene rings is 2. The molecule has 0 bridgehead atoms. The molecule has 0 fully saturated rings. The summed E-state index contributed by atoms with van der Waals surface area (Å²) in [5.74, 6) is 3.32. The molecule has 0 saturated carbocycles. The van der Waals surface area contributed by atoms with Crippen LogP contribution in [-0.4, -0.2) is 36.7 Å². The van der Waals surface area contributed by atoms with Gasteiger partial charge in [-0.05, 0) is 30.1 Å². The third-order valence-electron chi connectivity index (χ3n) is 4.19. The summed E-state index contributed by atoms with van der Waals surface area (Å²) in [7, 11) is 4.83. The maximum Gasteiger partial charge on any atom is 0.187 e. The number of fused-ring (bicyclic) bond motifs is 1. The Morgan fingerprint density at radius 3 is 2.41 bits per heavy atom. The van der Waals surface area contributed by atoms with E-state index >= 15 is 0 Å². The van der Waals surface area contributed by atoms with E-state index in [1.807, 2.05) is 36.4 Å². The molecule has 10 heteroatoms. The lowest BCUT2D eigenvalue weighted by atomic mass is 10.2. The van der Waals surface area contributed by atoms with Gasteiger partial charge in [0.05, 0.1) is 38.6 Å². The molecule has 150 valence electrons. The van der Waals surface area contributed by atoms with Crippen LogP contribution in [0, 0.1) is 0 Å². The third kappa shape index (κ3) is 3.74. The number of rotatable bonds is 8. The standard InChI is InChI=1S/C19H19N5O4S/c1-25-13-5-4-6-14(26-2)18(13)29-24-19-11-9-16(27-3)12(10-15(11)28-23-19)21-17-7-8-20-22-17/h4-10H,1-3H3,(H,23,24)(H2,20,21,22). The molecular formula is C19H19N5O4S. The number of nitrogens with zero attached hydrogens (tertiary/aromatic N) is 2. The van der Waals surface area contributed by atoms with Crippen LogP contribution in [0.4, 0.5) is 17.3 Å². The molecule has 2 heterocycles. The highest BCUT2D eigenvalue weighted by Gasteiger charge is 2.16. The van der Waals surface area contributed by atoms with Crippen LogP contribution in [0.5, 0.6) is 17.2 Å². The van der Waals surface area contributed by atoms with Gasteiger partial charge in [-0.25, -0.2) is 0 Å². The highest BCUT2D eigenvalue weighted by Crippen LogP contribution is 2.40. The first-order chi connectivity index (χ1) is 14.2. The van der Waals surface area contributed by atoms with Gasteiger partial charge >= 0.3 is 0 Å². The molecule has 0 amide bonds. The van der Waals surface area contributed by atoms with E-state index in [2.05, 4.69) is 25.4 Å². The summed E-state index contributed by atoms with van der Waals surface area (Å²) < 4.78 is 25.1. The lowest BCUT2D eigenvalue weighted by Crippen LogP contribution is -1.96. The van der Waals surface area contributed by atoms with Crippen LogP contribution in [-0.2, 0) is 0 Å². The molecule has 3 N–H and O–H groups in total. The Bertz CT molecular complexity index is 1090. The molecule has 2 aromatic heterocycles. The highest BCUT2D eigenvalue weighted by molar-refractivity contribution is 8.00. The van der Waals surface area contributed by atoms with Gasteiger partial charge in [0.15, 0.2) is 11.4 Å². The quantitative estimate of drug-likeness (QED) is 0.361. The molecule has 9 nitrogen and oxygen atoms in total. The number of aromatic nitrogens is 3. The molecule has 0 aliphatic heterocycles. The first kappa shape index (κ1) is 18.8. The Balaban J connectivity index is 1.63. The van der Waals surface area contributed by atoms with Gasteiger partial charge in [0.2, 0.25) is 0 Å². The monoisotopic (exact) mass is 413 g/mol. The van der Waals surface area contributed by atoms with Crippen LogP contribution < -0.4 is 24.2 Å². The van der Waals surface area contributed by atoms with E-state index in [1.54, 1.807) is 27.5 Å². The number of hydrogen-bond donors (Lipinski definition) is 3. The van der Waals surface area contributed by atoms with Gasteiger partial charge < -0.3 is 28.8 Å². The van der Waals surface area contributed by atoms with E-state index in [-0.39, 0.29) is 0 Å². The summed E-state index contributed by atoms with van der Waals surface area (Å²) in [6.07, 6.45) is 1.66. The normalized spacial score (nSPS) is 10.7. The molecule has 29 heavy (non-hydrogen) atoms. The first-order valence-corrected chi connectivity index (χ1v) is 9.42. The molecule has 2 aromatic carbocycles. The Morgan fingerprint density at radius 2 is 1.76 bits per heavy atom. The summed E-state index contributed by atoms with van der Waals surface area (Å²) in [4.78, 5) is 0.804. The van der Waals surface area contributed by atoms with Crippen LogP contribution in [0.15, 0.2) is 52.0 Å². The maximum absolute atomic E-state index is 5.52. The summed E-state index contributed by atoms with van der Waals surface area (Å²) in [5.41, 5.74) is 1.33. The average molecular weight is 413 g/mol. The molecular weight excluding hydrogens is 394 g/mol. The van der Waals surface area contributed by atoms with Crippen molar-refractivity contribution in [3.8, 4) is 17.2 Å². The average Bonchev–Trinajstić information content (AvgIpc) is 3.41. The van der Waals surface area contributed by atoms with Crippen LogP contribution in [0.1, 0.15) is 0 Å². The molecule has 4 aromatic rings. The van der Waals surface area contributed by atoms with E-state index in [9.17, 15) is 0 Å². The SMILES string of the molecule is COc1cc2c(NSc3c(OC)cccc3OC)noc2cc1Nc1ccn[nH]1. The molecule has 0 unspecified atom stereocenters. The molecule has 0 aliphatic rings. The number of nitrogens with one attached hydrogen (secondary N) is 3. The van der Waals surface area contributed by atoms with E-state index in [1.165, 1.54) is 11.9 Å². The number of methoxy groups -OCH3 is 3. The van der Waals surface area contributed by atoms with Crippen molar-refractivity contribution in [1.82, 2.24) is 15.4 Å². The number of hydrogen-bond acceptors (Lipinski definition) is 9. The molecule has 0 saturated heterocycles. The van der Waals surface area contributed by atoms with E-state index in [0.717, 1.165) is 21.8 Å². The van der Waals surface area contributed by atoms with Crippen molar-refractivity contribution in [2.45, 2.75) is 4.90 Å². The second-order valence-electron chi connectivity index (χ2n) is 5.87. The predicted molar refractivity (Wildman–Crippen MR) is 111 cm³/mol. The number of ether oxygens (including phenoxy) is 3. The summed E-state index contributed by atoms with van der Waals surface area (Å²) >= 11 is 1.32. The van der Waals surface area contributed by atoms with Crippen LogP contribution in [0.3, 0.4) is 0 Å². The van der Waals surface area contributed by atoms with Crippen molar-refractivity contribution in [2.75, 3.05) is 31.4 Å². The molecule has 0 aliphatic carbocycles. The van der Waals surface area contributed by atoms with Gasteiger partial charge in [0.1, 0.15) is 28.0 Å². The van der Waals surface area contributed by atoms with E-state index < -0.39 is 0 Å². The summed E-state index contributed by atoms with van der Waals surface area (Å²) in [5, 5.41) is 14.9. The Hall–Kier alpha value is -3.53. The predicted octanol–water partition coefficient (Wildman–Crippen LogP) is 4.44. The largest absolute Gasteiger partial charge is 0.495 e. The lowest BCUT2D eigenvalue weighted by Gasteiger charge is -2.12. The van der Waals surface area contributed by atoms with Gasteiger partial charge in [-0.3, -0.25) is 5.10 Å². The fourth-order valence-corrected chi connectivity index (χ4v) is 3.64. The zero-order chi connectivity index (χ0) is 20.2. The molecule has 4 rings (SSSR count). The fourth-order valence-electron chi connectivity index (χ4n) is 2.79. The van der Waals surface area contributed by atoms with E-state index in [0.29, 0.717) is 28.6 Å². The maximum atomic E-state index is 5.52. The van der Waals surface area contributed by atoms with Gasteiger partial charge in [-0.2, -0.15) is 5.10 Å². The van der Waals surface area contributed by atoms with Crippen LogP contribution in [0.25, 0.3) is 11.0 Å². The third-order valence-corrected chi connectivity index (χ3v) is 5.10. The Labute approximate surface area is 170 Å². The molecule has 0 atom stereocenters. The minimum Gasteiger partial charge on any atom is -0.495 e. The summed E-state index contributed by atoms with van der Waals surface area (Å²) in [6.45, 7) is 0. The topological polar surface area (TPSA) is 106 Å². The van der Waals surface area contributed by atoms with E-state index in [4.69, 9.17) is 18.7 Å². The molecule has 0 spiro atoms. The lowest BCUT2D eigenvalue weighted by molar-refractivity contribution is 0.376. The fraction of sp³-hybridized carbons (Fsp3) is 0.158. The zero-order valence-electron chi connectivity index (χ0n) is 16.0.